The molecule has 0 aromatic heterocycles. The van der Waals surface area contributed by atoms with Gasteiger partial charge in [-0.3, -0.25) is 4.79 Å². The molecule has 0 aliphatic heterocycles. The van der Waals surface area contributed by atoms with Crippen LogP contribution in [0, 0.1) is 12.7 Å². The van der Waals surface area contributed by atoms with E-state index in [2.05, 4.69) is 12.6 Å². The number of aryl methyl sites for hydroxylation is 1. The van der Waals surface area contributed by atoms with E-state index in [-0.39, 0.29) is 17.4 Å². The van der Waals surface area contributed by atoms with E-state index in [0.717, 1.165) is 0 Å². The fourth-order valence-corrected chi connectivity index (χ4v) is 1.09. The second-order valence-corrected chi connectivity index (χ2v) is 2.86. The molecule has 3 heteroatoms. The van der Waals surface area contributed by atoms with E-state index < -0.39 is 0 Å². The summed E-state index contributed by atoms with van der Waals surface area (Å²) >= 11 is 3.84. The van der Waals surface area contributed by atoms with Crippen molar-refractivity contribution in [2.24, 2.45) is 0 Å². The van der Waals surface area contributed by atoms with Crippen LogP contribution in [0.2, 0.25) is 0 Å². The number of hydrogen-bond donors (Lipinski definition) is 1. The Morgan fingerprint density at radius 3 is 2.75 bits per heavy atom. The predicted octanol–water partition coefficient (Wildman–Crippen LogP) is 2.25. The van der Waals surface area contributed by atoms with Gasteiger partial charge in [0, 0.05) is 5.56 Å². The quantitative estimate of drug-likeness (QED) is 0.551. The fourth-order valence-electron chi connectivity index (χ4n) is 0.909. The highest BCUT2D eigenvalue weighted by molar-refractivity contribution is 7.81. The SMILES string of the molecule is Cc1cc(C(=O)CS)ccc1F. The van der Waals surface area contributed by atoms with Gasteiger partial charge < -0.3 is 0 Å². The van der Waals surface area contributed by atoms with Crippen LogP contribution in [-0.2, 0) is 0 Å². The van der Waals surface area contributed by atoms with Crippen molar-refractivity contribution in [2.45, 2.75) is 6.92 Å². The van der Waals surface area contributed by atoms with Gasteiger partial charge in [-0.15, -0.1) is 0 Å². The minimum atomic E-state index is -0.286. The molecule has 1 rings (SSSR count). The number of halogens is 1. The second-order valence-electron chi connectivity index (χ2n) is 2.55. The third kappa shape index (κ3) is 1.85. The number of rotatable bonds is 2. The van der Waals surface area contributed by atoms with E-state index in [1.807, 2.05) is 0 Å². The number of Topliss-reactive ketones (excluding diaryl/α,β-unsaturated/α-hetero) is 1. The van der Waals surface area contributed by atoms with Crippen LogP contribution >= 0.6 is 12.6 Å². The first kappa shape index (κ1) is 9.26. The van der Waals surface area contributed by atoms with Gasteiger partial charge in [0.2, 0.25) is 0 Å². The van der Waals surface area contributed by atoms with Gasteiger partial charge in [0.15, 0.2) is 5.78 Å². The molecule has 1 nitrogen and oxygen atoms in total. The summed E-state index contributed by atoms with van der Waals surface area (Å²) in [6, 6.07) is 4.31. The lowest BCUT2D eigenvalue weighted by Crippen LogP contribution is -2.00. The predicted molar refractivity (Wildman–Crippen MR) is 49.3 cm³/mol. The van der Waals surface area contributed by atoms with Crippen LogP contribution in [-0.4, -0.2) is 11.5 Å². The van der Waals surface area contributed by atoms with Crippen molar-refractivity contribution >= 4 is 18.4 Å². The summed E-state index contributed by atoms with van der Waals surface area (Å²) in [7, 11) is 0. The molecule has 0 saturated carbocycles. The Morgan fingerprint density at radius 1 is 1.58 bits per heavy atom. The number of hydrogen-bond acceptors (Lipinski definition) is 2. The third-order valence-corrected chi connectivity index (χ3v) is 1.91. The molecule has 0 aliphatic rings. The van der Waals surface area contributed by atoms with Crippen molar-refractivity contribution in [3.8, 4) is 0 Å². The molecule has 0 bridgehead atoms. The van der Waals surface area contributed by atoms with Gasteiger partial charge in [0.05, 0.1) is 5.75 Å². The standard InChI is InChI=1S/C9H9FOS/c1-6-4-7(9(11)5-12)2-3-8(6)10/h2-4,12H,5H2,1H3. The molecule has 0 heterocycles. The third-order valence-electron chi connectivity index (χ3n) is 1.62. The minimum absolute atomic E-state index is 0.0820. The van der Waals surface area contributed by atoms with Crippen LogP contribution < -0.4 is 0 Å². The van der Waals surface area contributed by atoms with Gasteiger partial charge in [0.25, 0.3) is 0 Å². The molecule has 0 unspecified atom stereocenters. The van der Waals surface area contributed by atoms with Crippen molar-refractivity contribution in [1.29, 1.82) is 0 Å². The van der Waals surface area contributed by atoms with Crippen molar-refractivity contribution in [2.75, 3.05) is 5.75 Å². The summed E-state index contributed by atoms with van der Waals surface area (Å²) in [6.45, 7) is 1.63. The van der Waals surface area contributed by atoms with Gasteiger partial charge in [0.1, 0.15) is 5.82 Å². The monoisotopic (exact) mass is 184 g/mol. The van der Waals surface area contributed by atoms with Crippen molar-refractivity contribution < 1.29 is 9.18 Å². The Bertz CT molecular complexity index is 309. The maximum atomic E-state index is 12.7. The molecular formula is C9H9FOS. The molecule has 64 valence electrons. The summed E-state index contributed by atoms with van der Waals surface area (Å²) < 4.78 is 12.7. The first-order chi connectivity index (χ1) is 5.65. The average molecular weight is 184 g/mol. The van der Waals surface area contributed by atoms with Crippen LogP contribution in [0.5, 0.6) is 0 Å². The zero-order valence-electron chi connectivity index (χ0n) is 6.67. The maximum Gasteiger partial charge on any atom is 0.172 e. The molecular weight excluding hydrogens is 175 g/mol. The lowest BCUT2D eigenvalue weighted by Gasteiger charge is -1.99. The number of carbonyl (C=O) groups is 1. The van der Waals surface area contributed by atoms with Gasteiger partial charge in [-0.25, -0.2) is 4.39 Å². The summed E-state index contributed by atoms with van der Waals surface area (Å²) in [5.41, 5.74) is 1.01. The van der Waals surface area contributed by atoms with E-state index in [1.165, 1.54) is 18.2 Å². The highest BCUT2D eigenvalue weighted by atomic mass is 32.1. The largest absolute Gasteiger partial charge is 0.293 e. The smallest absolute Gasteiger partial charge is 0.172 e. The Hall–Kier alpha value is -0.830. The van der Waals surface area contributed by atoms with E-state index >= 15 is 0 Å². The van der Waals surface area contributed by atoms with Crippen molar-refractivity contribution in [3.63, 3.8) is 0 Å². The second kappa shape index (κ2) is 3.72. The molecule has 0 N–H and O–H groups in total. The van der Waals surface area contributed by atoms with Gasteiger partial charge in [-0.1, -0.05) is 0 Å². The first-order valence-corrected chi connectivity index (χ1v) is 4.18. The highest BCUT2D eigenvalue weighted by Crippen LogP contribution is 2.09. The highest BCUT2D eigenvalue weighted by Gasteiger charge is 2.04. The minimum Gasteiger partial charge on any atom is -0.293 e. The average Bonchev–Trinajstić information content (AvgIpc) is 2.08. The van der Waals surface area contributed by atoms with Crippen molar-refractivity contribution in [3.05, 3.63) is 35.1 Å². The van der Waals surface area contributed by atoms with Gasteiger partial charge in [-0.05, 0) is 30.7 Å². The molecule has 0 atom stereocenters. The van der Waals surface area contributed by atoms with Crippen LogP contribution in [0.3, 0.4) is 0 Å². The Morgan fingerprint density at radius 2 is 2.25 bits per heavy atom. The first-order valence-electron chi connectivity index (χ1n) is 3.55. The maximum absolute atomic E-state index is 12.7. The van der Waals surface area contributed by atoms with Crippen molar-refractivity contribution in [1.82, 2.24) is 0 Å². The summed E-state index contributed by atoms with van der Waals surface area (Å²) in [5, 5.41) is 0. The number of thiol groups is 1. The van der Waals surface area contributed by atoms with Crippen LogP contribution in [0.25, 0.3) is 0 Å². The molecule has 1 aromatic rings. The van der Waals surface area contributed by atoms with Crippen LogP contribution in [0.15, 0.2) is 18.2 Å². The topological polar surface area (TPSA) is 17.1 Å². The van der Waals surface area contributed by atoms with E-state index in [9.17, 15) is 9.18 Å². The molecule has 0 saturated heterocycles. The fraction of sp³-hybridized carbons (Fsp3) is 0.222. The lowest BCUT2D eigenvalue weighted by molar-refractivity contribution is 0.102. The number of carbonyl (C=O) groups excluding carboxylic acids is 1. The van der Waals surface area contributed by atoms with Gasteiger partial charge >= 0.3 is 0 Å². The Balaban J connectivity index is 3.05. The van der Waals surface area contributed by atoms with Crippen LogP contribution in [0.1, 0.15) is 15.9 Å². The van der Waals surface area contributed by atoms with Gasteiger partial charge in [-0.2, -0.15) is 12.6 Å². The summed E-state index contributed by atoms with van der Waals surface area (Å²) in [4.78, 5) is 11.1. The van der Waals surface area contributed by atoms with E-state index in [4.69, 9.17) is 0 Å². The zero-order valence-corrected chi connectivity index (χ0v) is 7.57. The molecule has 1 aromatic carbocycles. The normalized spacial score (nSPS) is 9.92. The number of ketones is 1. The summed E-state index contributed by atoms with van der Waals surface area (Å²) in [5.74, 6) is -0.211. The molecule has 0 radical (unpaired) electrons. The van der Waals surface area contributed by atoms with E-state index in [1.54, 1.807) is 6.92 Å². The molecule has 0 amide bonds. The van der Waals surface area contributed by atoms with E-state index in [0.29, 0.717) is 11.1 Å². The number of benzene rings is 1. The molecule has 0 spiro atoms. The Labute approximate surface area is 76.0 Å². The molecule has 0 aliphatic carbocycles. The Kier molecular flexibility index (Phi) is 2.87. The summed E-state index contributed by atoms with van der Waals surface area (Å²) in [6.07, 6.45) is 0. The molecule has 12 heavy (non-hydrogen) atoms. The van der Waals surface area contributed by atoms with Crippen LogP contribution in [0.4, 0.5) is 4.39 Å². The lowest BCUT2D eigenvalue weighted by atomic mass is 10.1. The molecule has 0 fully saturated rings. The zero-order chi connectivity index (χ0) is 9.14.